The highest BCUT2D eigenvalue weighted by molar-refractivity contribution is 7.89. The van der Waals surface area contributed by atoms with Gasteiger partial charge in [0.15, 0.2) is 0 Å². The molecule has 128 valence electrons. The minimum atomic E-state index is -3.57. The molecule has 8 heteroatoms. The molecule has 1 amide bonds. The first-order valence-electron chi connectivity index (χ1n) is 7.50. The molecule has 7 nitrogen and oxygen atoms in total. The molecule has 1 saturated heterocycles. The number of nitrogens with one attached hydrogen (secondary N) is 3. The van der Waals surface area contributed by atoms with E-state index in [-0.39, 0.29) is 10.3 Å². The van der Waals surface area contributed by atoms with Crippen molar-refractivity contribution in [2.24, 2.45) is 5.41 Å². The van der Waals surface area contributed by atoms with Crippen molar-refractivity contribution in [2.45, 2.75) is 24.7 Å². The number of sulfonamides is 1. The lowest BCUT2D eigenvalue weighted by atomic mass is 9.83. The number of carbonyl (C=O) groups is 1. The van der Waals surface area contributed by atoms with Crippen LogP contribution in [0.2, 0.25) is 0 Å². The highest BCUT2D eigenvalue weighted by Crippen LogP contribution is 2.25. The number of anilines is 1. The molecular weight excluding hydrogens is 318 g/mol. The molecule has 0 aromatic heterocycles. The van der Waals surface area contributed by atoms with E-state index in [0.717, 1.165) is 25.9 Å². The SMILES string of the molecule is COC(=O)Nc1ccc(S(=O)(=O)NC[C@]2(C)CCCNC2)cc1. The summed E-state index contributed by atoms with van der Waals surface area (Å²) in [6.07, 6.45) is 1.44. The van der Waals surface area contributed by atoms with Crippen LogP contribution in [0, 0.1) is 5.41 Å². The summed E-state index contributed by atoms with van der Waals surface area (Å²) in [7, 11) is -2.31. The maximum Gasteiger partial charge on any atom is 0.411 e. The Bertz CT molecular complexity index is 637. The first-order valence-corrected chi connectivity index (χ1v) is 8.98. The van der Waals surface area contributed by atoms with Gasteiger partial charge in [-0.1, -0.05) is 6.92 Å². The third kappa shape index (κ3) is 4.92. The highest BCUT2D eigenvalue weighted by atomic mass is 32.2. The fourth-order valence-corrected chi connectivity index (χ4v) is 3.71. The minimum absolute atomic E-state index is 0.0717. The Hall–Kier alpha value is -1.64. The van der Waals surface area contributed by atoms with Crippen LogP contribution in [0.3, 0.4) is 0 Å². The van der Waals surface area contributed by atoms with Gasteiger partial charge in [0.2, 0.25) is 10.0 Å². The zero-order valence-corrected chi connectivity index (χ0v) is 14.2. The van der Waals surface area contributed by atoms with Gasteiger partial charge in [-0.3, -0.25) is 5.32 Å². The first-order chi connectivity index (χ1) is 10.8. The van der Waals surface area contributed by atoms with Crippen molar-refractivity contribution in [2.75, 3.05) is 32.1 Å². The standard InChI is InChI=1S/C15H23N3O4S/c1-15(8-3-9-16-10-15)11-17-23(20,21)13-6-4-12(5-7-13)18-14(19)22-2/h4-7,16-17H,3,8-11H2,1-2H3,(H,18,19)/t15-/m1/s1. The number of hydrogen-bond donors (Lipinski definition) is 3. The number of ether oxygens (including phenoxy) is 1. The van der Waals surface area contributed by atoms with E-state index < -0.39 is 16.1 Å². The van der Waals surface area contributed by atoms with Crippen molar-refractivity contribution < 1.29 is 17.9 Å². The van der Waals surface area contributed by atoms with Gasteiger partial charge in [-0.25, -0.2) is 17.9 Å². The van der Waals surface area contributed by atoms with Crippen LogP contribution >= 0.6 is 0 Å². The van der Waals surface area contributed by atoms with E-state index >= 15 is 0 Å². The molecule has 1 aromatic carbocycles. The van der Waals surface area contributed by atoms with Gasteiger partial charge in [0.25, 0.3) is 0 Å². The molecule has 0 radical (unpaired) electrons. The van der Waals surface area contributed by atoms with E-state index in [2.05, 4.69) is 27.0 Å². The smallest absolute Gasteiger partial charge is 0.411 e. The largest absolute Gasteiger partial charge is 0.453 e. The third-order valence-electron chi connectivity index (χ3n) is 3.97. The van der Waals surface area contributed by atoms with Gasteiger partial charge in [-0.2, -0.15) is 0 Å². The normalized spacial score (nSPS) is 21.7. The molecule has 3 N–H and O–H groups in total. The summed E-state index contributed by atoms with van der Waals surface area (Å²) in [5, 5.41) is 5.77. The molecule has 1 heterocycles. The van der Waals surface area contributed by atoms with Crippen molar-refractivity contribution in [1.82, 2.24) is 10.0 Å². The number of rotatable bonds is 5. The van der Waals surface area contributed by atoms with Crippen LogP contribution in [0.15, 0.2) is 29.2 Å². The molecule has 1 atom stereocenters. The third-order valence-corrected chi connectivity index (χ3v) is 5.39. The van der Waals surface area contributed by atoms with Crippen molar-refractivity contribution in [1.29, 1.82) is 0 Å². The summed E-state index contributed by atoms with van der Waals surface area (Å²) in [5.74, 6) is 0. The minimum Gasteiger partial charge on any atom is -0.453 e. The zero-order valence-electron chi connectivity index (χ0n) is 13.4. The Kier molecular flexibility index (Phi) is 5.61. The number of benzene rings is 1. The second kappa shape index (κ2) is 7.29. The lowest BCUT2D eigenvalue weighted by Gasteiger charge is -2.34. The van der Waals surface area contributed by atoms with Crippen LogP contribution in [0.1, 0.15) is 19.8 Å². The summed E-state index contributed by atoms with van der Waals surface area (Å²) in [4.78, 5) is 11.3. The number of amides is 1. The maximum absolute atomic E-state index is 12.4. The molecule has 0 spiro atoms. The second-order valence-electron chi connectivity index (χ2n) is 6.06. The average Bonchev–Trinajstić information content (AvgIpc) is 2.54. The summed E-state index contributed by atoms with van der Waals surface area (Å²) in [6, 6.07) is 5.95. The van der Waals surface area contributed by atoms with Crippen LogP contribution < -0.4 is 15.4 Å². The van der Waals surface area contributed by atoms with E-state index in [9.17, 15) is 13.2 Å². The van der Waals surface area contributed by atoms with Crippen molar-refractivity contribution in [3.63, 3.8) is 0 Å². The molecule has 1 aliphatic rings. The molecular formula is C15H23N3O4S. The molecule has 0 saturated carbocycles. The van der Waals surface area contributed by atoms with Crippen molar-refractivity contribution >= 4 is 21.8 Å². The van der Waals surface area contributed by atoms with Gasteiger partial charge < -0.3 is 10.1 Å². The summed E-state index contributed by atoms with van der Waals surface area (Å²) in [6.45, 7) is 4.25. The van der Waals surface area contributed by atoms with Crippen LogP contribution in [-0.2, 0) is 14.8 Å². The van der Waals surface area contributed by atoms with E-state index in [0.29, 0.717) is 12.2 Å². The van der Waals surface area contributed by atoms with E-state index in [1.807, 2.05) is 0 Å². The Morgan fingerprint density at radius 2 is 2.04 bits per heavy atom. The Labute approximate surface area is 136 Å². The van der Waals surface area contributed by atoms with Crippen LogP contribution in [0.5, 0.6) is 0 Å². The van der Waals surface area contributed by atoms with Crippen LogP contribution in [-0.4, -0.2) is 41.3 Å². The molecule has 2 rings (SSSR count). The van der Waals surface area contributed by atoms with Crippen LogP contribution in [0.25, 0.3) is 0 Å². The number of hydrogen-bond acceptors (Lipinski definition) is 5. The number of carbonyl (C=O) groups excluding carboxylic acids is 1. The predicted molar refractivity (Wildman–Crippen MR) is 87.9 cm³/mol. The van der Waals surface area contributed by atoms with Gasteiger partial charge in [0.1, 0.15) is 0 Å². The molecule has 0 bridgehead atoms. The predicted octanol–water partition coefficient (Wildman–Crippen LogP) is 1.53. The van der Waals surface area contributed by atoms with Gasteiger partial charge in [0.05, 0.1) is 12.0 Å². The Balaban J connectivity index is 2.00. The summed E-state index contributed by atoms with van der Waals surface area (Å²) in [5.41, 5.74) is 0.400. The van der Waals surface area contributed by atoms with Gasteiger partial charge in [-0.15, -0.1) is 0 Å². The first kappa shape index (κ1) is 17.7. The fraction of sp³-hybridized carbons (Fsp3) is 0.533. The molecule has 0 aliphatic carbocycles. The van der Waals surface area contributed by atoms with E-state index in [1.54, 1.807) is 0 Å². The van der Waals surface area contributed by atoms with Crippen LogP contribution in [0.4, 0.5) is 10.5 Å². The number of methoxy groups -OCH3 is 1. The molecule has 1 fully saturated rings. The average molecular weight is 341 g/mol. The summed E-state index contributed by atoms with van der Waals surface area (Å²) >= 11 is 0. The van der Waals surface area contributed by atoms with Gasteiger partial charge in [0, 0.05) is 18.8 Å². The molecule has 1 aromatic rings. The van der Waals surface area contributed by atoms with Crippen molar-refractivity contribution in [3.05, 3.63) is 24.3 Å². The van der Waals surface area contributed by atoms with Crippen molar-refractivity contribution in [3.8, 4) is 0 Å². The lowest BCUT2D eigenvalue weighted by Crippen LogP contribution is -2.45. The quantitative estimate of drug-likeness (QED) is 0.755. The van der Waals surface area contributed by atoms with E-state index in [1.165, 1.54) is 31.4 Å². The molecule has 0 unspecified atom stereocenters. The van der Waals surface area contributed by atoms with Gasteiger partial charge >= 0.3 is 6.09 Å². The Morgan fingerprint density at radius 1 is 1.35 bits per heavy atom. The second-order valence-corrected chi connectivity index (χ2v) is 7.82. The molecule has 23 heavy (non-hydrogen) atoms. The maximum atomic E-state index is 12.4. The molecule has 1 aliphatic heterocycles. The summed E-state index contributed by atoms with van der Waals surface area (Å²) < 4.78 is 31.9. The van der Waals surface area contributed by atoms with E-state index in [4.69, 9.17) is 0 Å². The van der Waals surface area contributed by atoms with Gasteiger partial charge in [-0.05, 0) is 49.1 Å². The zero-order chi connectivity index (χ0) is 16.9. The monoisotopic (exact) mass is 341 g/mol. The lowest BCUT2D eigenvalue weighted by molar-refractivity contribution is 0.187. The highest BCUT2D eigenvalue weighted by Gasteiger charge is 2.28. The Morgan fingerprint density at radius 3 is 2.61 bits per heavy atom. The number of piperidine rings is 1. The fourth-order valence-electron chi connectivity index (χ4n) is 2.51. The topological polar surface area (TPSA) is 96.5 Å².